The molecule has 0 spiro atoms. The van der Waals surface area contributed by atoms with Crippen molar-refractivity contribution in [1.29, 1.82) is 0 Å². The van der Waals surface area contributed by atoms with E-state index in [9.17, 15) is 31.1 Å². The fourth-order valence-electron chi connectivity index (χ4n) is 1.49. The SMILES string of the molecule is CC(C)c1c(F)c(F)c(N(F)F)c(F)c1N(F)F.Cl.Cl. The van der Waals surface area contributed by atoms with Crippen LogP contribution in [0.3, 0.4) is 0 Å². The predicted molar refractivity (Wildman–Crippen MR) is 64.3 cm³/mol. The van der Waals surface area contributed by atoms with Gasteiger partial charge in [0.25, 0.3) is 0 Å². The van der Waals surface area contributed by atoms with Gasteiger partial charge in [0.2, 0.25) is 0 Å². The maximum absolute atomic E-state index is 13.4. The van der Waals surface area contributed by atoms with Crippen LogP contribution in [0.15, 0.2) is 0 Å². The third-order valence-corrected chi connectivity index (χ3v) is 2.22. The fraction of sp³-hybridized carbons (Fsp3) is 0.333. The topological polar surface area (TPSA) is 6.48 Å². The van der Waals surface area contributed by atoms with E-state index in [-0.39, 0.29) is 24.8 Å². The highest BCUT2D eigenvalue weighted by Crippen LogP contribution is 2.41. The Morgan fingerprint density at radius 1 is 0.700 bits per heavy atom. The molecule has 1 aromatic rings. The van der Waals surface area contributed by atoms with E-state index < -0.39 is 51.0 Å². The average Bonchev–Trinajstić information content (AvgIpc) is 2.21. The molecule has 20 heavy (non-hydrogen) atoms. The summed E-state index contributed by atoms with van der Waals surface area (Å²) in [6.45, 7) is 2.37. The number of anilines is 2. The molecular weight excluding hydrogens is 340 g/mol. The number of hydrogen-bond acceptors (Lipinski definition) is 2. The van der Waals surface area contributed by atoms with Crippen LogP contribution >= 0.6 is 24.8 Å². The maximum atomic E-state index is 13.4. The van der Waals surface area contributed by atoms with Gasteiger partial charge >= 0.3 is 0 Å². The monoisotopic (exact) mass is 348 g/mol. The van der Waals surface area contributed by atoms with Crippen LogP contribution in [0, 0.1) is 17.5 Å². The van der Waals surface area contributed by atoms with Crippen molar-refractivity contribution in [3.8, 4) is 0 Å². The summed E-state index contributed by atoms with van der Waals surface area (Å²) in [5.41, 5.74) is -4.88. The van der Waals surface area contributed by atoms with Crippen molar-refractivity contribution < 1.29 is 31.1 Å². The van der Waals surface area contributed by atoms with Gasteiger partial charge in [-0.2, -0.15) is 0 Å². The van der Waals surface area contributed by atoms with E-state index in [4.69, 9.17) is 0 Å². The molecule has 1 aromatic carbocycles. The second kappa shape index (κ2) is 7.63. The lowest BCUT2D eigenvalue weighted by Crippen LogP contribution is -2.14. The van der Waals surface area contributed by atoms with E-state index in [1.165, 1.54) is 13.8 Å². The average molecular weight is 349 g/mol. The molecule has 0 radical (unpaired) electrons. The van der Waals surface area contributed by atoms with Gasteiger partial charge in [-0.05, 0) is 16.6 Å². The Kier molecular flexibility index (Phi) is 8.09. The first-order chi connectivity index (χ1) is 8.20. The number of benzene rings is 1. The second-order valence-electron chi connectivity index (χ2n) is 3.67. The lowest BCUT2D eigenvalue weighted by atomic mass is 9.99. The van der Waals surface area contributed by atoms with Gasteiger partial charge in [0.05, 0.1) is 0 Å². The summed E-state index contributed by atoms with van der Waals surface area (Å²) in [4.78, 5) is 0. The number of rotatable bonds is 3. The van der Waals surface area contributed by atoms with E-state index in [0.29, 0.717) is 0 Å². The largest absolute Gasteiger partial charge is 0.203 e. The molecule has 0 saturated heterocycles. The molecular formula is C9H9Cl2F7N2. The van der Waals surface area contributed by atoms with Crippen LogP contribution in [0.5, 0.6) is 0 Å². The summed E-state index contributed by atoms with van der Waals surface area (Å²) in [6, 6.07) is 0. The molecule has 0 aromatic heterocycles. The molecule has 0 aliphatic rings. The molecule has 0 atom stereocenters. The Bertz CT molecular complexity index is 468. The smallest absolute Gasteiger partial charge is 0.191 e. The van der Waals surface area contributed by atoms with Crippen LogP contribution in [-0.4, -0.2) is 0 Å². The third kappa shape index (κ3) is 3.51. The van der Waals surface area contributed by atoms with Gasteiger partial charge < -0.3 is 0 Å². The van der Waals surface area contributed by atoms with Crippen LogP contribution < -0.4 is 10.7 Å². The Balaban J connectivity index is 0. The first kappa shape index (κ1) is 21.2. The van der Waals surface area contributed by atoms with Crippen LogP contribution in [-0.2, 0) is 0 Å². The zero-order valence-corrected chi connectivity index (χ0v) is 11.6. The van der Waals surface area contributed by atoms with Crippen molar-refractivity contribution in [3.63, 3.8) is 0 Å². The summed E-state index contributed by atoms with van der Waals surface area (Å²) in [5.74, 6) is -7.41. The zero-order valence-electron chi connectivity index (χ0n) is 9.93. The lowest BCUT2D eigenvalue weighted by Gasteiger charge is -2.18. The maximum Gasteiger partial charge on any atom is 0.191 e. The van der Waals surface area contributed by atoms with Gasteiger partial charge in [0.1, 0.15) is 5.69 Å². The quantitative estimate of drug-likeness (QED) is 0.419. The minimum atomic E-state index is -2.23. The predicted octanol–water partition coefficient (Wildman–Crippen LogP) is 5.22. The molecule has 0 bridgehead atoms. The van der Waals surface area contributed by atoms with Gasteiger partial charge in [-0.1, -0.05) is 31.8 Å². The lowest BCUT2D eigenvalue weighted by molar-refractivity contribution is 0.216. The molecule has 0 saturated carbocycles. The molecule has 0 heterocycles. The number of hydrogen-bond donors (Lipinski definition) is 0. The van der Waals surface area contributed by atoms with E-state index >= 15 is 0 Å². The van der Waals surface area contributed by atoms with Crippen molar-refractivity contribution in [2.45, 2.75) is 19.8 Å². The molecule has 0 aliphatic carbocycles. The normalized spacial score (nSPS) is 9.90. The van der Waals surface area contributed by atoms with Crippen LogP contribution in [0.25, 0.3) is 0 Å². The Morgan fingerprint density at radius 3 is 1.40 bits per heavy atom. The summed E-state index contributed by atoms with van der Waals surface area (Å²) in [7, 11) is 0. The van der Waals surface area contributed by atoms with E-state index in [2.05, 4.69) is 0 Å². The van der Waals surface area contributed by atoms with Crippen molar-refractivity contribution in [2.75, 3.05) is 10.7 Å². The van der Waals surface area contributed by atoms with Crippen molar-refractivity contribution in [2.24, 2.45) is 0 Å². The summed E-state index contributed by atoms with van der Waals surface area (Å²) in [5, 5.41) is -3.95. The van der Waals surface area contributed by atoms with E-state index in [1.807, 2.05) is 0 Å². The minimum absolute atomic E-state index is 0. The molecule has 11 heteroatoms. The Labute approximate surface area is 121 Å². The van der Waals surface area contributed by atoms with Gasteiger partial charge in [0.15, 0.2) is 23.1 Å². The molecule has 2 nitrogen and oxygen atoms in total. The van der Waals surface area contributed by atoms with E-state index in [1.54, 1.807) is 0 Å². The highest BCUT2D eigenvalue weighted by atomic mass is 35.5. The fourth-order valence-corrected chi connectivity index (χ4v) is 1.49. The Hall–Kier alpha value is -1.09. The molecule has 0 N–H and O–H groups in total. The van der Waals surface area contributed by atoms with E-state index in [0.717, 1.165) is 0 Å². The molecule has 0 unspecified atom stereocenters. The van der Waals surface area contributed by atoms with Crippen molar-refractivity contribution >= 4 is 36.2 Å². The molecule has 0 fully saturated rings. The standard InChI is InChI=1S/C9H7F7N2.2ClH/c1-3(2)4-5(10)6(11)9(18(15)16)7(12)8(4)17(13)14;;/h3H,1-2H3;2*1H. The third-order valence-electron chi connectivity index (χ3n) is 2.22. The minimum Gasteiger partial charge on any atom is -0.203 e. The van der Waals surface area contributed by atoms with Crippen LogP contribution in [0.4, 0.5) is 42.5 Å². The highest BCUT2D eigenvalue weighted by molar-refractivity contribution is 5.85. The van der Waals surface area contributed by atoms with Gasteiger partial charge in [0, 0.05) is 5.56 Å². The molecule has 118 valence electrons. The van der Waals surface area contributed by atoms with Gasteiger partial charge in [-0.25, -0.2) is 13.2 Å². The van der Waals surface area contributed by atoms with Crippen molar-refractivity contribution in [1.82, 2.24) is 0 Å². The van der Waals surface area contributed by atoms with Gasteiger partial charge in [-0.15, -0.1) is 24.8 Å². The Morgan fingerprint density at radius 2 is 1.10 bits per heavy atom. The molecule has 0 aliphatic heterocycles. The summed E-state index contributed by atoms with van der Waals surface area (Å²) < 4.78 is 89.2. The number of halogens is 9. The second-order valence-corrected chi connectivity index (χ2v) is 3.67. The first-order valence-corrected chi connectivity index (χ1v) is 4.63. The summed E-state index contributed by atoms with van der Waals surface area (Å²) in [6.07, 6.45) is 0. The first-order valence-electron chi connectivity index (χ1n) is 4.63. The van der Waals surface area contributed by atoms with Crippen LogP contribution in [0.2, 0.25) is 0 Å². The van der Waals surface area contributed by atoms with Gasteiger partial charge in [-0.3, -0.25) is 0 Å². The zero-order chi connectivity index (χ0) is 14.2. The molecule has 1 rings (SSSR count). The van der Waals surface area contributed by atoms with Crippen molar-refractivity contribution in [3.05, 3.63) is 23.0 Å². The summed E-state index contributed by atoms with van der Waals surface area (Å²) >= 11 is 0. The van der Waals surface area contributed by atoms with Crippen LogP contribution in [0.1, 0.15) is 25.3 Å². The highest BCUT2D eigenvalue weighted by Gasteiger charge is 2.33. The molecule has 0 amide bonds. The number of nitrogens with zero attached hydrogens (tertiary/aromatic N) is 2.